The third-order valence-corrected chi connectivity index (χ3v) is 1.56. The van der Waals surface area contributed by atoms with Crippen molar-refractivity contribution in [2.24, 2.45) is 0 Å². The number of hydrogen-bond donors (Lipinski definition) is 0. The molecule has 0 amide bonds. The smallest absolute Gasteiger partial charge is 0.358 e. The Bertz CT molecular complexity index is 358. The van der Waals surface area contributed by atoms with Gasteiger partial charge in [-0.15, -0.1) is 0 Å². The Morgan fingerprint density at radius 2 is 2.21 bits per heavy atom. The van der Waals surface area contributed by atoms with E-state index in [1.165, 1.54) is 6.92 Å². The molecule has 0 aliphatic heterocycles. The molecule has 0 aromatic carbocycles. The third-order valence-electron chi connectivity index (χ3n) is 1.56. The van der Waals surface area contributed by atoms with Crippen molar-refractivity contribution < 1.29 is 18.1 Å². The largest absolute Gasteiger partial charge is 0.426 e. The Morgan fingerprint density at radius 3 is 2.64 bits per heavy atom. The van der Waals surface area contributed by atoms with Gasteiger partial charge in [-0.2, -0.15) is 13.2 Å². The van der Waals surface area contributed by atoms with Gasteiger partial charge in [0.2, 0.25) is 0 Å². The molecule has 78 valence electrons. The number of nitro groups is 1. The molecule has 1 aromatic heterocycles. The average Bonchev–Trinajstić information content (AvgIpc) is 2.29. The summed E-state index contributed by atoms with van der Waals surface area (Å²) in [6.07, 6.45) is -3.68. The Hall–Kier alpha value is -1.60. The van der Waals surface area contributed by atoms with Gasteiger partial charge in [0.25, 0.3) is 0 Å². The van der Waals surface area contributed by atoms with Gasteiger partial charge in [0, 0.05) is 6.92 Å². The van der Waals surface area contributed by atoms with E-state index >= 15 is 0 Å². The lowest BCUT2D eigenvalue weighted by atomic mass is 10.5. The van der Waals surface area contributed by atoms with Gasteiger partial charge < -0.3 is 10.1 Å². The maximum Gasteiger partial charge on any atom is 0.426 e. The van der Waals surface area contributed by atoms with E-state index in [1.807, 2.05) is 0 Å². The van der Waals surface area contributed by atoms with E-state index in [2.05, 4.69) is 4.98 Å². The first kappa shape index (κ1) is 10.5. The van der Waals surface area contributed by atoms with Gasteiger partial charge in [0.15, 0.2) is 12.4 Å². The molecule has 0 aliphatic rings. The summed E-state index contributed by atoms with van der Waals surface area (Å²) in [6, 6.07) is 0. The highest BCUT2D eigenvalue weighted by Crippen LogP contribution is 2.22. The Balaban J connectivity index is 3.06. The summed E-state index contributed by atoms with van der Waals surface area (Å²) in [7, 11) is 0. The van der Waals surface area contributed by atoms with Crippen LogP contribution in [0, 0.1) is 17.0 Å². The van der Waals surface area contributed by atoms with Gasteiger partial charge in [-0.3, -0.25) is 0 Å². The molecule has 1 heterocycles. The van der Waals surface area contributed by atoms with Crippen LogP contribution in [0.3, 0.4) is 0 Å². The fraction of sp³-hybridized carbons (Fsp3) is 0.500. The van der Waals surface area contributed by atoms with Gasteiger partial charge >= 0.3 is 12.0 Å². The van der Waals surface area contributed by atoms with Crippen molar-refractivity contribution in [1.29, 1.82) is 0 Å². The van der Waals surface area contributed by atoms with E-state index in [0.29, 0.717) is 4.57 Å². The van der Waals surface area contributed by atoms with Crippen molar-refractivity contribution in [1.82, 2.24) is 9.55 Å². The van der Waals surface area contributed by atoms with Crippen molar-refractivity contribution in [2.45, 2.75) is 19.6 Å². The number of aromatic nitrogens is 2. The number of rotatable bonds is 2. The molecule has 0 unspecified atom stereocenters. The number of nitrogens with zero attached hydrogens (tertiary/aromatic N) is 3. The molecule has 8 heteroatoms. The predicted molar refractivity (Wildman–Crippen MR) is 39.7 cm³/mol. The number of halogens is 3. The van der Waals surface area contributed by atoms with Crippen LogP contribution < -0.4 is 0 Å². The third kappa shape index (κ3) is 2.21. The summed E-state index contributed by atoms with van der Waals surface area (Å²) in [5, 5.41) is 10.3. The molecule has 0 saturated carbocycles. The molecule has 14 heavy (non-hydrogen) atoms. The van der Waals surface area contributed by atoms with Crippen molar-refractivity contribution >= 4 is 5.82 Å². The molecule has 0 spiro atoms. The van der Waals surface area contributed by atoms with Gasteiger partial charge in [0.05, 0.1) is 0 Å². The van der Waals surface area contributed by atoms with Crippen molar-refractivity contribution in [3.63, 3.8) is 0 Å². The highest BCUT2D eigenvalue weighted by atomic mass is 19.4. The van der Waals surface area contributed by atoms with Gasteiger partial charge in [-0.05, 0) is 4.92 Å². The maximum atomic E-state index is 12.0. The number of imidazole rings is 1. The lowest BCUT2D eigenvalue weighted by molar-refractivity contribution is -0.393. The standard InChI is InChI=1S/C6H6F3N3O2/c1-4-10-2-5(12(13)14)11(4)3-6(7,8)9/h2H,3H2,1H3. The van der Waals surface area contributed by atoms with Gasteiger partial charge in [-0.25, -0.2) is 9.55 Å². The van der Waals surface area contributed by atoms with E-state index in [4.69, 9.17) is 0 Å². The Kier molecular flexibility index (Phi) is 2.45. The van der Waals surface area contributed by atoms with Crippen LogP contribution in [0.2, 0.25) is 0 Å². The molecule has 0 fully saturated rings. The minimum atomic E-state index is -4.49. The van der Waals surface area contributed by atoms with Crippen LogP contribution in [0.5, 0.6) is 0 Å². The quantitative estimate of drug-likeness (QED) is 0.549. The van der Waals surface area contributed by atoms with Crippen LogP contribution in [-0.4, -0.2) is 20.7 Å². The van der Waals surface area contributed by atoms with Crippen LogP contribution >= 0.6 is 0 Å². The lowest BCUT2D eigenvalue weighted by Gasteiger charge is -2.05. The monoisotopic (exact) mass is 209 g/mol. The fourth-order valence-electron chi connectivity index (χ4n) is 0.977. The Morgan fingerprint density at radius 1 is 1.64 bits per heavy atom. The number of aryl methyl sites for hydroxylation is 1. The number of alkyl halides is 3. The summed E-state index contributed by atoms with van der Waals surface area (Å²) in [5.74, 6) is -0.686. The van der Waals surface area contributed by atoms with Crippen molar-refractivity contribution in [2.75, 3.05) is 0 Å². The molecule has 1 aromatic rings. The molecule has 1 rings (SSSR count). The lowest BCUT2D eigenvalue weighted by Crippen LogP contribution is -2.19. The molecule has 0 aliphatic carbocycles. The van der Waals surface area contributed by atoms with Crippen LogP contribution in [0.1, 0.15) is 5.82 Å². The molecular formula is C6H6F3N3O2. The second kappa shape index (κ2) is 3.28. The summed E-state index contributed by atoms with van der Waals surface area (Å²) < 4.78 is 36.4. The van der Waals surface area contributed by atoms with E-state index in [0.717, 1.165) is 6.20 Å². The summed E-state index contributed by atoms with van der Waals surface area (Å²) in [4.78, 5) is 12.8. The maximum absolute atomic E-state index is 12.0. The summed E-state index contributed by atoms with van der Waals surface area (Å²) in [5.41, 5.74) is 0. The Labute approximate surface area is 76.3 Å². The second-order valence-electron chi connectivity index (χ2n) is 2.62. The van der Waals surface area contributed by atoms with E-state index < -0.39 is 23.5 Å². The predicted octanol–water partition coefficient (Wildman–Crippen LogP) is 1.66. The molecule has 0 saturated heterocycles. The van der Waals surface area contributed by atoms with Crippen molar-refractivity contribution in [3.05, 3.63) is 22.1 Å². The first-order valence-corrected chi connectivity index (χ1v) is 3.54. The molecule has 0 atom stereocenters. The van der Waals surface area contributed by atoms with E-state index in [-0.39, 0.29) is 5.82 Å². The summed E-state index contributed by atoms with van der Waals surface area (Å²) >= 11 is 0. The SMILES string of the molecule is Cc1ncc([N+](=O)[O-])n1CC(F)(F)F. The van der Waals surface area contributed by atoms with Crippen LogP contribution in [0.25, 0.3) is 0 Å². The molecule has 0 bridgehead atoms. The van der Waals surface area contributed by atoms with E-state index in [1.54, 1.807) is 0 Å². The first-order valence-electron chi connectivity index (χ1n) is 3.54. The highest BCUT2D eigenvalue weighted by molar-refractivity contribution is 5.18. The zero-order valence-electron chi connectivity index (χ0n) is 7.08. The molecular weight excluding hydrogens is 203 g/mol. The topological polar surface area (TPSA) is 61.0 Å². The van der Waals surface area contributed by atoms with Crippen LogP contribution in [0.4, 0.5) is 19.0 Å². The van der Waals surface area contributed by atoms with Gasteiger partial charge in [0.1, 0.15) is 6.20 Å². The molecule has 5 nitrogen and oxygen atoms in total. The zero-order chi connectivity index (χ0) is 10.9. The zero-order valence-corrected chi connectivity index (χ0v) is 7.08. The summed E-state index contributed by atoms with van der Waals surface area (Å²) in [6.45, 7) is -0.117. The van der Waals surface area contributed by atoms with Crippen LogP contribution in [-0.2, 0) is 6.54 Å². The minimum Gasteiger partial charge on any atom is -0.358 e. The fourth-order valence-corrected chi connectivity index (χ4v) is 0.977. The minimum absolute atomic E-state index is 0.0333. The van der Waals surface area contributed by atoms with Gasteiger partial charge in [-0.1, -0.05) is 0 Å². The highest BCUT2D eigenvalue weighted by Gasteiger charge is 2.34. The molecule has 0 radical (unpaired) electrons. The molecule has 0 N–H and O–H groups in total. The first-order chi connectivity index (χ1) is 6.31. The second-order valence-corrected chi connectivity index (χ2v) is 2.62. The normalized spacial score (nSPS) is 11.7. The van der Waals surface area contributed by atoms with Crippen molar-refractivity contribution in [3.8, 4) is 0 Å². The number of hydrogen-bond acceptors (Lipinski definition) is 3. The van der Waals surface area contributed by atoms with E-state index in [9.17, 15) is 23.3 Å². The van der Waals surface area contributed by atoms with Crippen LogP contribution in [0.15, 0.2) is 6.20 Å². The average molecular weight is 209 g/mol.